The molecule has 26 heavy (non-hydrogen) atoms. The summed E-state index contributed by atoms with van der Waals surface area (Å²) in [6, 6.07) is 9.68. The Bertz CT molecular complexity index is 727. The van der Waals surface area contributed by atoms with Gasteiger partial charge in [0.25, 0.3) is 0 Å². The molecular formula is C19H25ClN4OS. The third-order valence-corrected chi connectivity index (χ3v) is 4.74. The lowest BCUT2D eigenvalue weighted by atomic mass is 10.1. The molecular weight excluding hydrogens is 368 g/mol. The number of hydrogen-bond donors (Lipinski definition) is 1. The largest absolute Gasteiger partial charge is 0.495 e. The number of hydrogen-bond acceptors (Lipinski definition) is 4. The van der Waals surface area contributed by atoms with Crippen LogP contribution in [0, 0.1) is 0 Å². The Labute approximate surface area is 165 Å². The van der Waals surface area contributed by atoms with E-state index in [2.05, 4.69) is 41.1 Å². The minimum atomic E-state index is 0.117. The Morgan fingerprint density at radius 1 is 1.23 bits per heavy atom. The summed E-state index contributed by atoms with van der Waals surface area (Å²) in [5.74, 6) is 0.637. The molecule has 7 heteroatoms. The summed E-state index contributed by atoms with van der Waals surface area (Å²) in [6.07, 6.45) is 3.60. The van der Waals surface area contributed by atoms with Gasteiger partial charge in [-0.1, -0.05) is 11.6 Å². The van der Waals surface area contributed by atoms with Gasteiger partial charge in [0.2, 0.25) is 0 Å². The second-order valence-electron chi connectivity index (χ2n) is 6.23. The maximum atomic E-state index is 6.22. The highest BCUT2D eigenvalue weighted by atomic mass is 35.5. The summed E-state index contributed by atoms with van der Waals surface area (Å²) < 4.78 is 5.20. The van der Waals surface area contributed by atoms with Gasteiger partial charge in [-0.15, -0.1) is 0 Å². The summed E-state index contributed by atoms with van der Waals surface area (Å²) in [7, 11) is 5.70. The number of benzene rings is 1. The molecule has 0 bridgehead atoms. The van der Waals surface area contributed by atoms with Crippen LogP contribution in [-0.2, 0) is 0 Å². The van der Waals surface area contributed by atoms with Crippen LogP contribution in [0.5, 0.6) is 5.75 Å². The molecule has 0 aliphatic heterocycles. The Balaban J connectivity index is 2.18. The molecule has 1 aromatic carbocycles. The van der Waals surface area contributed by atoms with Crippen LogP contribution in [0.15, 0.2) is 42.7 Å². The summed E-state index contributed by atoms with van der Waals surface area (Å²) in [5, 5.41) is 4.49. The number of anilines is 1. The first-order valence-electron chi connectivity index (χ1n) is 8.38. The highest BCUT2D eigenvalue weighted by Crippen LogP contribution is 2.28. The molecule has 1 aromatic heterocycles. The molecule has 0 fully saturated rings. The van der Waals surface area contributed by atoms with E-state index in [4.69, 9.17) is 28.6 Å². The number of pyridine rings is 1. The maximum Gasteiger partial charge on any atom is 0.173 e. The number of aromatic nitrogens is 1. The third-order valence-electron chi connectivity index (χ3n) is 4.11. The molecule has 0 amide bonds. The van der Waals surface area contributed by atoms with Crippen molar-refractivity contribution in [1.29, 1.82) is 0 Å². The highest BCUT2D eigenvalue weighted by molar-refractivity contribution is 7.80. The minimum absolute atomic E-state index is 0.117. The maximum absolute atomic E-state index is 6.22. The van der Waals surface area contributed by atoms with Crippen molar-refractivity contribution in [2.45, 2.75) is 13.0 Å². The zero-order valence-electron chi connectivity index (χ0n) is 15.6. The second kappa shape index (κ2) is 9.71. The van der Waals surface area contributed by atoms with Crippen molar-refractivity contribution >= 4 is 34.6 Å². The molecule has 5 nitrogen and oxygen atoms in total. The molecule has 0 spiro atoms. The Hall–Kier alpha value is -1.89. The minimum Gasteiger partial charge on any atom is -0.495 e. The first-order valence-corrected chi connectivity index (χ1v) is 9.16. The van der Waals surface area contributed by atoms with Gasteiger partial charge in [-0.2, -0.15) is 0 Å². The smallest absolute Gasteiger partial charge is 0.173 e. The Kier molecular flexibility index (Phi) is 7.63. The molecule has 1 atom stereocenters. The van der Waals surface area contributed by atoms with E-state index in [1.54, 1.807) is 19.5 Å². The number of methoxy groups -OCH3 is 1. The standard InChI is InChI=1S/C19H25ClN4OS/c1-14(15-7-9-21-10-8-15)24(12-11-23(2)3)19(26)22-16-5-6-18(25-4)17(20)13-16/h5-10,13-14H,11-12H2,1-4H3,(H,22,26)/t14-/m0/s1. The van der Waals surface area contributed by atoms with Crippen molar-refractivity contribution in [2.75, 3.05) is 39.6 Å². The van der Waals surface area contributed by atoms with E-state index >= 15 is 0 Å². The number of ether oxygens (including phenoxy) is 1. The van der Waals surface area contributed by atoms with Gasteiger partial charge in [-0.25, -0.2) is 0 Å². The fourth-order valence-corrected chi connectivity index (χ4v) is 3.17. The number of rotatable bonds is 7. The van der Waals surface area contributed by atoms with Gasteiger partial charge in [-0.3, -0.25) is 4.98 Å². The van der Waals surface area contributed by atoms with Crippen LogP contribution in [0.4, 0.5) is 5.69 Å². The van der Waals surface area contributed by atoms with Crippen LogP contribution in [0.25, 0.3) is 0 Å². The number of nitrogens with zero attached hydrogens (tertiary/aromatic N) is 3. The van der Waals surface area contributed by atoms with Crippen LogP contribution in [-0.4, -0.2) is 54.2 Å². The Morgan fingerprint density at radius 3 is 2.50 bits per heavy atom. The third kappa shape index (κ3) is 5.56. The van der Waals surface area contributed by atoms with Crippen molar-refractivity contribution in [3.8, 4) is 5.75 Å². The summed E-state index contributed by atoms with van der Waals surface area (Å²) >= 11 is 11.9. The van der Waals surface area contributed by atoms with Crippen LogP contribution >= 0.6 is 23.8 Å². The van der Waals surface area contributed by atoms with E-state index in [0.29, 0.717) is 15.9 Å². The first-order chi connectivity index (χ1) is 12.4. The van der Waals surface area contributed by atoms with Gasteiger partial charge in [0, 0.05) is 31.2 Å². The molecule has 0 saturated heterocycles. The van der Waals surface area contributed by atoms with Gasteiger partial charge < -0.3 is 19.9 Å². The van der Waals surface area contributed by atoms with Crippen LogP contribution in [0.3, 0.4) is 0 Å². The quantitative estimate of drug-likeness (QED) is 0.716. The molecule has 1 N–H and O–H groups in total. The zero-order chi connectivity index (χ0) is 19.1. The normalized spacial score (nSPS) is 11.9. The van der Waals surface area contributed by atoms with Crippen LogP contribution in [0.1, 0.15) is 18.5 Å². The van der Waals surface area contributed by atoms with Crippen molar-refractivity contribution < 1.29 is 4.74 Å². The summed E-state index contributed by atoms with van der Waals surface area (Å²) in [5.41, 5.74) is 1.99. The van der Waals surface area contributed by atoms with Crippen molar-refractivity contribution in [3.63, 3.8) is 0 Å². The average Bonchev–Trinajstić information content (AvgIpc) is 2.62. The van der Waals surface area contributed by atoms with Crippen LogP contribution < -0.4 is 10.1 Å². The van der Waals surface area contributed by atoms with Gasteiger partial charge in [0.1, 0.15) is 5.75 Å². The average molecular weight is 393 g/mol. The summed E-state index contributed by atoms with van der Waals surface area (Å²) in [4.78, 5) is 8.41. The number of thiocarbonyl (C=S) groups is 1. The van der Waals surface area contributed by atoms with E-state index in [1.807, 2.05) is 30.3 Å². The Morgan fingerprint density at radius 2 is 1.92 bits per heavy atom. The molecule has 0 unspecified atom stereocenters. The highest BCUT2D eigenvalue weighted by Gasteiger charge is 2.19. The first kappa shape index (κ1) is 20.4. The van der Waals surface area contributed by atoms with E-state index < -0.39 is 0 Å². The molecule has 0 aliphatic rings. The molecule has 0 radical (unpaired) electrons. The lowest BCUT2D eigenvalue weighted by molar-refractivity contribution is 0.289. The molecule has 2 aromatic rings. The topological polar surface area (TPSA) is 40.6 Å². The lowest BCUT2D eigenvalue weighted by Gasteiger charge is -2.33. The van der Waals surface area contributed by atoms with Gasteiger partial charge in [0.05, 0.1) is 18.2 Å². The fraction of sp³-hybridized carbons (Fsp3) is 0.368. The fourth-order valence-electron chi connectivity index (χ4n) is 2.54. The molecule has 0 aliphatic carbocycles. The summed E-state index contributed by atoms with van der Waals surface area (Å²) in [6.45, 7) is 3.83. The van der Waals surface area contributed by atoms with Crippen LogP contribution in [0.2, 0.25) is 5.02 Å². The van der Waals surface area contributed by atoms with Gasteiger partial charge >= 0.3 is 0 Å². The van der Waals surface area contributed by atoms with E-state index in [1.165, 1.54) is 0 Å². The second-order valence-corrected chi connectivity index (χ2v) is 7.03. The number of nitrogens with one attached hydrogen (secondary N) is 1. The lowest BCUT2D eigenvalue weighted by Crippen LogP contribution is -2.40. The molecule has 0 saturated carbocycles. The van der Waals surface area contributed by atoms with Crippen molar-refractivity contribution in [3.05, 3.63) is 53.3 Å². The predicted octanol–water partition coefficient (Wildman–Crippen LogP) is 4.07. The predicted molar refractivity (Wildman–Crippen MR) is 112 cm³/mol. The number of likely N-dealkylation sites (N-methyl/N-ethyl adjacent to an activating group) is 1. The SMILES string of the molecule is COc1ccc(NC(=S)N(CCN(C)C)[C@@H](C)c2ccncc2)cc1Cl. The number of halogens is 1. The van der Waals surface area contributed by atoms with Gasteiger partial charge in [0.15, 0.2) is 5.11 Å². The zero-order valence-corrected chi connectivity index (χ0v) is 17.1. The monoisotopic (exact) mass is 392 g/mol. The van der Waals surface area contributed by atoms with E-state index in [0.717, 1.165) is 24.3 Å². The van der Waals surface area contributed by atoms with E-state index in [9.17, 15) is 0 Å². The molecule has 2 rings (SSSR count). The van der Waals surface area contributed by atoms with Crippen molar-refractivity contribution in [1.82, 2.24) is 14.8 Å². The molecule has 140 valence electrons. The van der Waals surface area contributed by atoms with E-state index in [-0.39, 0.29) is 6.04 Å². The molecule has 1 heterocycles. The van der Waals surface area contributed by atoms with Crippen molar-refractivity contribution in [2.24, 2.45) is 0 Å². The van der Waals surface area contributed by atoms with Gasteiger partial charge in [-0.05, 0) is 69.1 Å².